The molecule has 0 unspecified atom stereocenters. The Labute approximate surface area is 204 Å². The van der Waals surface area contributed by atoms with Gasteiger partial charge in [-0.2, -0.15) is 0 Å². The number of anilines is 1. The number of thiazole rings is 1. The zero-order valence-corrected chi connectivity index (χ0v) is 20.7. The molecule has 178 valence electrons. The molecule has 1 aliphatic rings. The summed E-state index contributed by atoms with van der Waals surface area (Å²) in [5, 5.41) is 5.15. The molecule has 6 nitrogen and oxygen atoms in total. The highest BCUT2D eigenvalue weighted by molar-refractivity contribution is 7.91. The van der Waals surface area contributed by atoms with Gasteiger partial charge in [-0.3, -0.25) is 10.1 Å². The Bertz CT molecular complexity index is 1240. The van der Waals surface area contributed by atoms with E-state index in [-0.39, 0.29) is 17.6 Å². The molecule has 3 aromatic rings. The van der Waals surface area contributed by atoms with Crippen LogP contribution in [0, 0.1) is 5.92 Å². The number of rotatable bonds is 8. The number of ether oxygens (including phenoxy) is 1. The van der Waals surface area contributed by atoms with Gasteiger partial charge in [0, 0.05) is 17.0 Å². The third kappa shape index (κ3) is 6.33. The van der Waals surface area contributed by atoms with Crippen molar-refractivity contribution in [1.29, 1.82) is 0 Å². The van der Waals surface area contributed by atoms with Crippen LogP contribution in [0.25, 0.3) is 17.3 Å². The van der Waals surface area contributed by atoms with Crippen molar-refractivity contribution in [3.63, 3.8) is 0 Å². The van der Waals surface area contributed by atoms with Crippen LogP contribution in [0.1, 0.15) is 37.7 Å². The van der Waals surface area contributed by atoms with Crippen molar-refractivity contribution in [1.82, 2.24) is 4.98 Å². The number of hydrogen-bond acceptors (Lipinski definition) is 6. The van der Waals surface area contributed by atoms with Crippen molar-refractivity contribution in [3.8, 4) is 17.0 Å². The first kappa shape index (κ1) is 24.2. The second-order valence-corrected chi connectivity index (χ2v) is 11.3. The summed E-state index contributed by atoms with van der Waals surface area (Å²) in [6.45, 7) is 0. The van der Waals surface area contributed by atoms with Crippen molar-refractivity contribution in [2.75, 3.05) is 18.2 Å². The van der Waals surface area contributed by atoms with Crippen molar-refractivity contribution in [3.05, 3.63) is 65.6 Å². The van der Waals surface area contributed by atoms with E-state index in [9.17, 15) is 13.2 Å². The van der Waals surface area contributed by atoms with Gasteiger partial charge in [0.05, 0.1) is 23.5 Å². The van der Waals surface area contributed by atoms with Gasteiger partial charge in [0.2, 0.25) is 5.91 Å². The summed E-state index contributed by atoms with van der Waals surface area (Å²) < 4.78 is 30.6. The third-order valence-electron chi connectivity index (χ3n) is 5.97. The highest BCUT2D eigenvalue weighted by atomic mass is 32.2. The molecule has 8 heteroatoms. The van der Waals surface area contributed by atoms with Crippen LogP contribution in [-0.4, -0.2) is 32.2 Å². The Morgan fingerprint density at radius 1 is 1.09 bits per heavy atom. The molecule has 1 fully saturated rings. The number of sulfone groups is 1. The van der Waals surface area contributed by atoms with E-state index < -0.39 is 9.84 Å². The molecule has 0 radical (unpaired) electrons. The van der Waals surface area contributed by atoms with Crippen molar-refractivity contribution < 1.29 is 17.9 Å². The van der Waals surface area contributed by atoms with E-state index in [0.717, 1.165) is 48.3 Å². The second kappa shape index (κ2) is 11.0. The number of aromatic nitrogens is 1. The highest BCUT2D eigenvalue weighted by Crippen LogP contribution is 2.28. The first-order valence-electron chi connectivity index (χ1n) is 11.3. The van der Waals surface area contributed by atoms with Crippen LogP contribution in [0.2, 0.25) is 0 Å². The number of nitrogens with one attached hydrogen (secondary N) is 1. The van der Waals surface area contributed by atoms with E-state index in [1.54, 1.807) is 37.5 Å². The maximum Gasteiger partial charge on any atom is 0.250 e. The number of carbonyl (C=O) groups is 1. The summed E-state index contributed by atoms with van der Waals surface area (Å²) in [5.74, 6) is 0.951. The van der Waals surface area contributed by atoms with Gasteiger partial charge in [0.1, 0.15) is 5.75 Å². The fourth-order valence-corrected chi connectivity index (χ4v) is 6.51. The average molecular weight is 497 g/mol. The standard InChI is InChI=1S/C26H28N2O4S2/c1-32-22-12-10-21(11-13-22)24-17-33-26(27-24)28-25(29)16-9-19-7-14-23(15-8-19)34(30,31)18-20-5-3-2-4-6-20/h7-17,20H,2-6,18H2,1H3,(H,27,28,29). The number of carbonyl (C=O) groups excluding carboxylic acids is 1. The average Bonchev–Trinajstić information content (AvgIpc) is 3.32. The van der Waals surface area contributed by atoms with E-state index in [1.807, 2.05) is 29.6 Å². The van der Waals surface area contributed by atoms with E-state index in [4.69, 9.17) is 4.74 Å². The van der Waals surface area contributed by atoms with Crippen LogP contribution < -0.4 is 10.1 Å². The summed E-state index contributed by atoms with van der Waals surface area (Å²) in [5.41, 5.74) is 2.47. The zero-order chi connectivity index (χ0) is 24.0. The Balaban J connectivity index is 1.33. The molecule has 1 heterocycles. The minimum Gasteiger partial charge on any atom is -0.497 e. The lowest BCUT2D eigenvalue weighted by Crippen LogP contribution is -2.18. The molecule has 0 spiro atoms. The maximum atomic E-state index is 12.7. The minimum absolute atomic E-state index is 0.219. The number of methoxy groups -OCH3 is 1. The molecule has 1 amide bonds. The molecule has 1 N–H and O–H groups in total. The molecular formula is C26H28N2O4S2. The summed E-state index contributed by atoms with van der Waals surface area (Å²) in [6, 6.07) is 14.3. The van der Waals surface area contributed by atoms with Crippen molar-refractivity contribution >= 4 is 38.3 Å². The number of amides is 1. The molecule has 1 saturated carbocycles. The zero-order valence-electron chi connectivity index (χ0n) is 19.1. The SMILES string of the molecule is COc1ccc(-c2csc(NC(=O)C=Cc3ccc(S(=O)(=O)CC4CCCCC4)cc3)n2)cc1. The predicted octanol–water partition coefficient (Wildman–Crippen LogP) is 5.82. The number of nitrogens with zero attached hydrogens (tertiary/aromatic N) is 1. The van der Waals surface area contributed by atoms with Crippen LogP contribution in [0.3, 0.4) is 0 Å². The van der Waals surface area contributed by atoms with Gasteiger partial charge in [-0.1, -0.05) is 31.4 Å². The van der Waals surface area contributed by atoms with Gasteiger partial charge < -0.3 is 4.74 Å². The normalized spacial score (nSPS) is 14.9. The molecule has 0 saturated heterocycles. The molecule has 0 bridgehead atoms. The topological polar surface area (TPSA) is 85.4 Å². The molecule has 2 aromatic carbocycles. The monoisotopic (exact) mass is 496 g/mol. The number of hydrogen-bond donors (Lipinski definition) is 1. The molecule has 1 aromatic heterocycles. The first-order valence-corrected chi connectivity index (χ1v) is 13.9. The maximum absolute atomic E-state index is 12.7. The smallest absolute Gasteiger partial charge is 0.250 e. The van der Waals surface area contributed by atoms with Gasteiger partial charge in [-0.05, 0) is 66.8 Å². The quantitative estimate of drug-likeness (QED) is 0.397. The van der Waals surface area contributed by atoms with E-state index in [1.165, 1.54) is 23.8 Å². The second-order valence-electron chi connectivity index (χ2n) is 8.44. The predicted molar refractivity (Wildman–Crippen MR) is 137 cm³/mol. The number of benzene rings is 2. The summed E-state index contributed by atoms with van der Waals surface area (Å²) in [6.07, 6.45) is 8.51. The van der Waals surface area contributed by atoms with Gasteiger partial charge in [-0.15, -0.1) is 11.3 Å². The van der Waals surface area contributed by atoms with Crippen LogP contribution >= 0.6 is 11.3 Å². The van der Waals surface area contributed by atoms with Crippen molar-refractivity contribution in [2.45, 2.75) is 37.0 Å². The summed E-state index contributed by atoms with van der Waals surface area (Å²) in [4.78, 5) is 17.1. The molecule has 0 atom stereocenters. The van der Waals surface area contributed by atoms with Crippen LogP contribution in [0.5, 0.6) is 5.75 Å². The highest BCUT2D eigenvalue weighted by Gasteiger charge is 2.22. The van der Waals surface area contributed by atoms with Gasteiger partial charge in [0.25, 0.3) is 0 Å². The Morgan fingerprint density at radius 3 is 2.47 bits per heavy atom. The molecular weight excluding hydrogens is 468 g/mol. The first-order chi connectivity index (χ1) is 16.4. The Morgan fingerprint density at radius 2 is 1.79 bits per heavy atom. The minimum atomic E-state index is -3.29. The fraction of sp³-hybridized carbons (Fsp3) is 0.308. The van der Waals surface area contributed by atoms with Gasteiger partial charge in [-0.25, -0.2) is 13.4 Å². The van der Waals surface area contributed by atoms with E-state index in [2.05, 4.69) is 10.3 Å². The van der Waals surface area contributed by atoms with Crippen molar-refractivity contribution in [2.24, 2.45) is 5.92 Å². The van der Waals surface area contributed by atoms with Crippen LogP contribution in [0.4, 0.5) is 5.13 Å². The summed E-state index contributed by atoms with van der Waals surface area (Å²) in [7, 11) is -1.67. The molecule has 34 heavy (non-hydrogen) atoms. The van der Waals surface area contributed by atoms with Crippen LogP contribution in [-0.2, 0) is 14.6 Å². The molecule has 1 aliphatic carbocycles. The lowest BCUT2D eigenvalue weighted by molar-refractivity contribution is -0.111. The lowest BCUT2D eigenvalue weighted by Gasteiger charge is -2.21. The molecule has 0 aliphatic heterocycles. The largest absolute Gasteiger partial charge is 0.497 e. The Hall–Kier alpha value is -2.97. The molecule has 4 rings (SSSR count). The van der Waals surface area contributed by atoms with Gasteiger partial charge in [0.15, 0.2) is 15.0 Å². The lowest BCUT2D eigenvalue weighted by atomic mass is 9.91. The Kier molecular flexibility index (Phi) is 7.80. The summed E-state index contributed by atoms with van der Waals surface area (Å²) >= 11 is 1.35. The fourth-order valence-electron chi connectivity index (χ4n) is 4.09. The van der Waals surface area contributed by atoms with E-state index >= 15 is 0 Å². The van der Waals surface area contributed by atoms with E-state index in [0.29, 0.717) is 10.0 Å². The van der Waals surface area contributed by atoms with Crippen LogP contribution in [0.15, 0.2) is 64.9 Å². The van der Waals surface area contributed by atoms with Gasteiger partial charge >= 0.3 is 0 Å². The third-order valence-corrected chi connectivity index (χ3v) is 8.62.